The highest BCUT2D eigenvalue weighted by Gasteiger charge is 2.22. The molecule has 186 valence electrons. The second-order valence-electron chi connectivity index (χ2n) is 10.0. The van der Waals surface area contributed by atoms with Gasteiger partial charge in [0.05, 0.1) is 0 Å². The average Bonchev–Trinajstić information content (AvgIpc) is 2.86. The lowest BCUT2D eigenvalue weighted by Crippen LogP contribution is -2.14. The summed E-state index contributed by atoms with van der Waals surface area (Å²) in [5.41, 5.74) is 4.96. The minimum Gasteiger partial charge on any atom is -0.207 e. The van der Waals surface area contributed by atoms with Crippen LogP contribution in [0.15, 0.2) is 54.6 Å². The molecule has 0 aromatic heterocycles. The molecule has 0 spiro atoms. The average molecular weight is 499 g/mol. The maximum absolute atomic E-state index is 14.7. The van der Waals surface area contributed by atoms with Crippen molar-refractivity contribution in [1.29, 1.82) is 0 Å². The van der Waals surface area contributed by atoms with Crippen LogP contribution in [0, 0.1) is 23.4 Å². The molecule has 0 saturated heterocycles. The first-order valence-electron chi connectivity index (χ1n) is 12.9. The summed E-state index contributed by atoms with van der Waals surface area (Å²) in [6.07, 6.45) is 9.97. The van der Waals surface area contributed by atoms with E-state index < -0.39 is 16.7 Å². The Kier molecular flexibility index (Phi) is 8.94. The summed E-state index contributed by atoms with van der Waals surface area (Å²) in [5, 5.41) is -0.501. The van der Waals surface area contributed by atoms with E-state index in [1.165, 1.54) is 55.4 Å². The maximum Gasteiger partial charge on any atom is 0.145 e. The molecule has 0 bridgehead atoms. The lowest BCUT2D eigenvalue weighted by atomic mass is 9.77. The van der Waals surface area contributed by atoms with Crippen LogP contribution in [0.3, 0.4) is 0 Å². The maximum atomic E-state index is 14.7. The minimum atomic E-state index is -0.781. The summed E-state index contributed by atoms with van der Waals surface area (Å²) < 4.78 is 42.0. The molecule has 3 aromatic carbocycles. The van der Waals surface area contributed by atoms with Crippen LogP contribution in [0.2, 0.25) is 5.02 Å². The van der Waals surface area contributed by atoms with E-state index in [1.54, 1.807) is 6.07 Å². The Morgan fingerprint density at radius 2 is 1.31 bits per heavy atom. The molecular weight excluding hydrogens is 465 g/mol. The molecule has 35 heavy (non-hydrogen) atoms. The van der Waals surface area contributed by atoms with Gasteiger partial charge in [0.25, 0.3) is 0 Å². The van der Waals surface area contributed by atoms with E-state index in [2.05, 4.69) is 31.2 Å². The Morgan fingerprint density at radius 3 is 1.94 bits per heavy atom. The predicted octanol–water partition coefficient (Wildman–Crippen LogP) is 9.40. The van der Waals surface area contributed by atoms with Crippen LogP contribution in [0.5, 0.6) is 0 Å². The van der Waals surface area contributed by atoms with Gasteiger partial charge < -0.3 is 0 Å². The van der Waals surface area contributed by atoms with Gasteiger partial charge in [-0.15, -0.1) is 0 Å². The first kappa shape index (κ1) is 25.8. The number of hydrogen-bond donors (Lipinski definition) is 0. The minimum absolute atomic E-state index is 0.243. The molecule has 0 N–H and O–H groups in total. The van der Waals surface area contributed by atoms with Crippen molar-refractivity contribution in [3.05, 3.63) is 105 Å². The Labute approximate surface area is 212 Å². The number of hydrogen-bond acceptors (Lipinski definition) is 0. The molecule has 1 saturated carbocycles. The zero-order valence-electron chi connectivity index (χ0n) is 20.4. The molecule has 0 atom stereocenters. The van der Waals surface area contributed by atoms with E-state index in [0.29, 0.717) is 35.8 Å². The molecule has 0 aliphatic heterocycles. The van der Waals surface area contributed by atoms with Gasteiger partial charge in [-0.25, -0.2) is 13.2 Å². The highest BCUT2D eigenvalue weighted by molar-refractivity contribution is 6.30. The summed E-state index contributed by atoms with van der Waals surface area (Å²) in [4.78, 5) is 0. The van der Waals surface area contributed by atoms with Crippen molar-refractivity contribution < 1.29 is 13.2 Å². The van der Waals surface area contributed by atoms with Gasteiger partial charge in [0.2, 0.25) is 0 Å². The molecule has 4 rings (SSSR count). The highest BCUT2D eigenvalue weighted by Crippen LogP contribution is 2.37. The summed E-state index contributed by atoms with van der Waals surface area (Å²) in [6.45, 7) is 2.22. The number of benzene rings is 3. The van der Waals surface area contributed by atoms with Crippen LogP contribution >= 0.6 is 11.6 Å². The molecule has 0 nitrogen and oxygen atoms in total. The molecule has 1 aliphatic rings. The lowest BCUT2D eigenvalue weighted by Gasteiger charge is -2.29. The van der Waals surface area contributed by atoms with Gasteiger partial charge in [0.1, 0.15) is 22.5 Å². The Bertz CT molecular complexity index is 1090. The van der Waals surface area contributed by atoms with Crippen LogP contribution in [0.25, 0.3) is 0 Å². The third-order valence-corrected chi connectivity index (χ3v) is 7.88. The van der Waals surface area contributed by atoms with Crippen LogP contribution in [-0.2, 0) is 25.7 Å². The Balaban J connectivity index is 1.24. The summed E-state index contributed by atoms with van der Waals surface area (Å²) in [7, 11) is 0. The van der Waals surface area contributed by atoms with E-state index in [0.717, 1.165) is 24.8 Å². The molecule has 0 amide bonds. The zero-order valence-corrected chi connectivity index (χ0v) is 21.2. The quantitative estimate of drug-likeness (QED) is 0.258. The van der Waals surface area contributed by atoms with Crippen LogP contribution in [0.4, 0.5) is 13.2 Å². The van der Waals surface area contributed by atoms with Crippen molar-refractivity contribution >= 4 is 11.6 Å². The molecule has 0 heterocycles. The van der Waals surface area contributed by atoms with Crippen molar-refractivity contribution in [2.75, 3.05) is 0 Å². The monoisotopic (exact) mass is 498 g/mol. The first-order chi connectivity index (χ1) is 16.9. The number of halogens is 4. The Hall–Kier alpha value is -2.26. The fraction of sp³-hybridized carbons (Fsp3) is 0.419. The molecule has 0 unspecified atom stereocenters. The van der Waals surface area contributed by atoms with Crippen molar-refractivity contribution in [2.45, 2.75) is 77.0 Å². The predicted molar refractivity (Wildman–Crippen MR) is 139 cm³/mol. The van der Waals surface area contributed by atoms with Crippen molar-refractivity contribution in [3.8, 4) is 0 Å². The molecule has 3 aromatic rings. The van der Waals surface area contributed by atoms with Crippen LogP contribution in [-0.4, -0.2) is 0 Å². The zero-order chi connectivity index (χ0) is 24.8. The smallest absolute Gasteiger partial charge is 0.145 e. The van der Waals surface area contributed by atoms with Crippen molar-refractivity contribution in [3.63, 3.8) is 0 Å². The van der Waals surface area contributed by atoms with E-state index in [4.69, 9.17) is 11.6 Å². The molecule has 1 fully saturated rings. The van der Waals surface area contributed by atoms with Gasteiger partial charge in [-0.3, -0.25) is 0 Å². The van der Waals surface area contributed by atoms with E-state index in [1.807, 2.05) is 12.1 Å². The second-order valence-corrected chi connectivity index (χ2v) is 10.4. The van der Waals surface area contributed by atoms with E-state index >= 15 is 0 Å². The van der Waals surface area contributed by atoms with E-state index in [9.17, 15) is 13.2 Å². The van der Waals surface area contributed by atoms with E-state index in [-0.39, 0.29) is 5.82 Å². The molecule has 4 heteroatoms. The van der Waals surface area contributed by atoms with Crippen LogP contribution < -0.4 is 0 Å². The standard InChI is InChI=1S/C31H34ClF3/c1-2-3-21-6-12-25(13-7-21)26-14-8-22(9-15-26)4-5-23-10-16-27(28(33)18-23)17-11-24-19-29(34)31(32)30(35)20-24/h6-7,10,12-13,16,18-20,22,26H,2-5,8-9,11,14-15,17H2,1H3/t22-,26-. The Morgan fingerprint density at radius 1 is 0.686 bits per heavy atom. The SMILES string of the molecule is CCCc1ccc([C@H]2CC[C@H](CCc3ccc(CCc4cc(F)c(Cl)c(F)c4)c(F)c3)CC2)cc1. The first-order valence-corrected chi connectivity index (χ1v) is 13.3. The van der Waals surface area contributed by atoms with Crippen molar-refractivity contribution in [1.82, 2.24) is 0 Å². The number of aryl methyl sites for hydroxylation is 4. The fourth-order valence-electron chi connectivity index (χ4n) is 5.38. The lowest BCUT2D eigenvalue weighted by molar-refractivity contribution is 0.310. The molecular formula is C31H34ClF3. The van der Waals surface area contributed by atoms with Crippen LogP contribution in [0.1, 0.15) is 79.2 Å². The van der Waals surface area contributed by atoms with Crippen molar-refractivity contribution in [2.24, 2.45) is 5.92 Å². The topological polar surface area (TPSA) is 0 Å². The van der Waals surface area contributed by atoms with Gasteiger partial charge in [-0.05, 0) is 116 Å². The third kappa shape index (κ3) is 6.91. The summed E-state index contributed by atoms with van der Waals surface area (Å²) in [5.74, 6) is -0.440. The van der Waals surface area contributed by atoms with Gasteiger partial charge in [-0.2, -0.15) is 0 Å². The summed E-state index contributed by atoms with van der Waals surface area (Å²) >= 11 is 5.54. The third-order valence-electron chi connectivity index (χ3n) is 7.52. The van der Waals surface area contributed by atoms with Gasteiger partial charge in [0.15, 0.2) is 0 Å². The molecule has 1 aliphatic carbocycles. The van der Waals surface area contributed by atoms with Gasteiger partial charge in [-0.1, -0.05) is 61.3 Å². The van der Waals surface area contributed by atoms with Gasteiger partial charge in [0, 0.05) is 0 Å². The number of rotatable bonds is 9. The molecule has 0 radical (unpaired) electrons. The second kappa shape index (κ2) is 12.1. The van der Waals surface area contributed by atoms with Gasteiger partial charge >= 0.3 is 0 Å². The fourth-order valence-corrected chi connectivity index (χ4v) is 5.49. The largest absolute Gasteiger partial charge is 0.207 e. The summed E-state index contributed by atoms with van der Waals surface area (Å²) in [6, 6.07) is 17.1. The normalized spacial score (nSPS) is 18.1. The highest BCUT2D eigenvalue weighted by atomic mass is 35.5.